The van der Waals surface area contributed by atoms with Gasteiger partial charge in [-0.05, 0) is 30.7 Å². The van der Waals surface area contributed by atoms with E-state index in [1.807, 2.05) is 31.2 Å². The molecule has 0 unspecified atom stereocenters. The maximum absolute atomic E-state index is 9.58. The van der Waals surface area contributed by atoms with E-state index in [0.29, 0.717) is 22.0 Å². The molecule has 0 radical (unpaired) electrons. The van der Waals surface area contributed by atoms with Crippen molar-refractivity contribution < 1.29 is 4.74 Å². The summed E-state index contributed by atoms with van der Waals surface area (Å²) in [7, 11) is 1.56. The molecule has 27 heavy (non-hydrogen) atoms. The Morgan fingerprint density at radius 3 is 2.48 bits per heavy atom. The van der Waals surface area contributed by atoms with Gasteiger partial charge in [0.25, 0.3) is 0 Å². The lowest BCUT2D eigenvalue weighted by molar-refractivity contribution is 0.415. The number of methoxy groups -OCH3 is 1. The van der Waals surface area contributed by atoms with Gasteiger partial charge < -0.3 is 10.1 Å². The lowest BCUT2D eigenvalue weighted by Gasteiger charge is -2.15. The van der Waals surface area contributed by atoms with Crippen molar-refractivity contribution in [2.24, 2.45) is 0 Å². The molecule has 4 rings (SSSR count). The number of fused-ring (bicyclic) bond motifs is 2. The molecule has 0 aliphatic heterocycles. The number of hydrogen-bond donors (Lipinski definition) is 1. The van der Waals surface area contributed by atoms with Crippen molar-refractivity contribution in [3.8, 4) is 11.8 Å². The fourth-order valence-corrected chi connectivity index (χ4v) is 3.24. The number of anilines is 2. The van der Waals surface area contributed by atoms with E-state index in [1.54, 1.807) is 25.7 Å². The summed E-state index contributed by atoms with van der Waals surface area (Å²) in [6, 6.07) is 9.57. The second kappa shape index (κ2) is 6.71. The highest BCUT2D eigenvalue weighted by Crippen LogP contribution is 2.35. The SMILES string of the molecule is COc1cc(Nc2c(C#N)cnc3cc4nccnc4cc23)c(C)cc1Cl. The number of hydrogen-bond acceptors (Lipinski definition) is 6. The van der Waals surface area contributed by atoms with Gasteiger partial charge in [-0.2, -0.15) is 5.26 Å². The van der Waals surface area contributed by atoms with Crippen LogP contribution >= 0.6 is 11.6 Å². The van der Waals surface area contributed by atoms with Crippen molar-refractivity contribution in [2.45, 2.75) is 6.92 Å². The van der Waals surface area contributed by atoms with Crippen LogP contribution in [-0.4, -0.2) is 22.1 Å². The summed E-state index contributed by atoms with van der Waals surface area (Å²) in [4.78, 5) is 13.1. The molecule has 0 atom stereocenters. The molecule has 0 saturated heterocycles. The van der Waals surface area contributed by atoms with E-state index in [-0.39, 0.29) is 0 Å². The van der Waals surface area contributed by atoms with Gasteiger partial charge in [-0.15, -0.1) is 0 Å². The first-order valence-corrected chi connectivity index (χ1v) is 8.53. The Kier molecular flexibility index (Phi) is 4.22. The first-order chi connectivity index (χ1) is 13.1. The molecule has 2 heterocycles. The van der Waals surface area contributed by atoms with Gasteiger partial charge in [0.15, 0.2) is 0 Å². The zero-order valence-electron chi connectivity index (χ0n) is 14.6. The minimum atomic E-state index is 0.430. The Morgan fingerprint density at radius 2 is 1.78 bits per heavy atom. The summed E-state index contributed by atoms with van der Waals surface area (Å²) in [5.41, 5.74) is 5.01. The average Bonchev–Trinajstić information content (AvgIpc) is 2.68. The molecule has 0 fully saturated rings. The minimum absolute atomic E-state index is 0.430. The van der Waals surface area contributed by atoms with E-state index in [0.717, 1.165) is 33.2 Å². The maximum atomic E-state index is 9.58. The first kappa shape index (κ1) is 17.0. The molecule has 4 aromatic rings. The quantitative estimate of drug-likeness (QED) is 0.519. The van der Waals surface area contributed by atoms with Gasteiger partial charge in [0.1, 0.15) is 11.8 Å². The molecule has 0 saturated carbocycles. The molecule has 132 valence electrons. The van der Waals surface area contributed by atoms with Crippen LogP contribution in [0.25, 0.3) is 21.9 Å². The van der Waals surface area contributed by atoms with E-state index in [9.17, 15) is 5.26 Å². The second-order valence-corrected chi connectivity index (χ2v) is 6.41. The highest BCUT2D eigenvalue weighted by atomic mass is 35.5. The van der Waals surface area contributed by atoms with Crippen LogP contribution in [0.5, 0.6) is 5.75 Å². The second-order valence-electron chi connectivity index (χ2n) is 6.00. The Labute approximate surface area is 160 Å². The number of nitriles is 1. The predicted octanol–water partition coefficient (Wildman–Crippen LogP) is 4.76. The Bertz CT molecular complexity index is 1230. The molecule has 0 aliphatic rings. The molecular weight excluding hydrogens is 362 g/mol. The zero-order valence-corrected chi connectivity index (χ0v) is 15.4. The van der Waals surface area contributed by atoms with E-state index in [4.69, 9.17) is 16.3 Å². The van der Waals surface area contributed by atoms with E-state index < -0.39 is 0 Å². The van der Waals surface area contributed by atoms with Crippen LogP contribution in [0.4, 0.5) is 11.4 Å². The van der Waals surface area contributed by atoms with Crippen LogP contribution in [0.3, 0.4) is 0 Å². The lowest BCUT2D eigenvalue weighted by atomic mass is 10.1. The van der Waals surface area contributed by atoms with Gasteiger partial charge in [-0.3, -0.25) is 15.0 Å². The van der Waals surface area contributed by atoms with Crippen molar-refractivity contribution in [1.82, 2.24) is 15.0 Å². The highest BCUT2D eigenvalue weighted by molar-refractivity contribution is 6.32. The molecule has 7 heteroatoms. The van der Waals surface area contributed by atoms with Gasteiger partial charge in [-0.1, -0.05) is 11.6 Å². The number of aromatic nitrogens is 3. The largest absolute Gasteiger partial charge is 0.495 e. The normalized spacial score (nSPS) is 10.7. The topological polar surface area (TPSA) is 83.7 Å². The minimum Gasteiger partial charge on any atom is -0.495 e. The summed E-state index contributed by atoms with van der Waals surface area (Å²) in [5, 5.41) is 14.2. The average molecular weight is 376 g/mol. The van der Waals surface area contributed by atoms with Crippen molar-refractivity contribution in [2.75, 3.05) is 12.4 Å². The summed E-state index contributed by atoms with van der Waals surface area (Å²) in [5.74, 6) is 0.554. The first-order valence-electron chi connectivity index (χ1n) is 8.15. The highest BCUT2D eigenvalue weighted by Gasteiger charge is 2.14. The monoisotopic (exact) mass is 375 g/mol. The number of nitrogens with one attached hydrogen (secondary N) is 1. The molecule has 2 aromatic carbocycles. The molecule has 0 spiro atoms. The third-order valence-corrected chi connectivity index (χ3v) is 4.63. The third-order valence-electron chi connectivity index (χ3n) is 4.34. The zero-order chi connectivity index (χ0) is 19.0. The summed E-state index contributed by atoms with van der Waals surface area (Å²) >= 11 is 6.19. The summed E-state index contributed by atoms with van der Waals surface area (Å²) < 4.78 is 5.31. The van der Waals surface area contributed by atoms with Crippen molar-refractivity contribution in [3.63, 3.8) is 0 Å². The summed E-state index contributed by atoms with van der Waals surface area (Å²) in [6.07, 6.45) is 4.83. The Balaban J connectivity index is 1.95. The fraction of sp³-hybridized carbons (Fsp3) is 0.100. The van der Waals surface area contributed by atoms with Crippen LogP contribution in [0.2, 0.25) is 5.02 Å². The van der Waals surface area contributed by atoms with Crippen LogP contribution in [0.1, 0.15) is 11.1 Å². The maximum Gasteiger partial charge on any atom is 0.139 e. The number of halogens is 1. The van der Waals surface area contributed by atoms with Gasteiger partial charge >= 0.3 is 0 Å². The standard InChI is InChI=1S/C20H14ClN5O/c1-11-5-14(21)19(27-2)8-15(11)26-20-12(9-22)10-25-16-7-18-17(6-13(16)20)23-3-4-24-18/h3-8,10H,1-2H3,(H,25,26). The molecular formula is C20H14ClN5O. The molecule has 6 nitrogen and oxygen atoms in total. The number of ether oxygens (including phenoxy) is 1. The van der Waals surface area contributed by atoms with Crippen LogP contribution in [0.15, 0.2) is 42.9 Å². The molecule has 0 aliphatic carbocycles. The van der Waals surface area contributed by atoms with Crippen LogP contribution in [0, 0.1) is 18.3 Å². The Hall–Kier alpha value is -3.43. The van der Waals surface area contributed by atoms with E-state index >= 15 is 0 Å². The number of pyridine rings is 1. The van der Waals surface area contributed by atoms with Gasteiger partial charge in [0.2, 0.25) is 0 Å². The van der Waals surface area contributed by atoms with E-state index in [2.05, 4.69) is 26.3 Å². The van der Waals surface area contributed by atoms with Gasteiger partial charge in [-0.25, -0.2) is 0 Å². The van der Waals surface area contributed by atoms with Crippen LogP contribution < -0.4 is 10.1 Å². The predicted molar refractivity (Wildman–Crippen MR) is 106 cm³/mol. The molecule has 2 aromatic heterocycles. The number of nitrogens with zero attached hydrogens (tertiary/aromatic N) is 4. The van der Waals surface area contributed by atoms with Gasteiger partial charge in [0.05, 0.1) is 39.9 Å². The number of aryl methyl sites for hydroxylation is 1. The Morgan fingerprint density at radius 1 is 1.04 bits per heavy atom. The molecule has 0 bridgehead atoms. The van der Waals surface area contributed by atoms with E-state index in [1.165, 1.54) is 0 Å². The van der Waals surface area contributed by atoms with Crippen molar-refractivity contribution in [1.29, 1.82) is 5.26 Å². The smallest absolute Gasteiger partial charge is 0.139 e. The van der Waals surface area contributed by atoms with Crippen molar-refractivity contribution >= 4 is 44.9 Å². The third kappa shape index (κ3) is 2.98. The summed E-state index contributed by atoms with van der Waals surface area (Å²) in [6.45, 7) is 1.93. The van der Waals surface area contributed by atoms with Crippen LogP contribution in [-0.2, 0) is 0 Å². The van der Waals surface area contributed by atoms with Crippen molar-refractivity contribution in [3.05, 3.63) is 59.0 Å². The number of rotatable bonds is 3. The molecule has 1 N–H and O–H groups in total. The molecule has 0 amide bonds. The van der Waals surface area contributed by atoms with Gasteiger partial charge in [0, 0.05) is 35.7 Å². The fourth-order valence-electron chi connectivity index (χ4n) is 2.95. The number of benzene rings is 2. The lowest BCUT2D eigenvalue weighted by Crippen LogP contribution is -2.00.